The molecule has 0 amide bonds. The van der Waals surface area contributed by atoms with E-state index in [2.05, 4.69) is 44.0 Å². The lowest BCUT2D eigenvalue weighted by Gasteiger charge is -2.71. The fourth-order valence-electron chi connectivity index (χ4n) is 8.02. The average molecular weight is 398 g/mol. The summed E-state index contributed by atoms with van der Waals surface area (Å²) in [4.78, 5) is 2.55. The van der Waals surface area contributed by atoms with E-state index < -0.39 is 5.60 Å². The van der Waals surface area contributed by atoms with Crippen LogP contribution < -0.4 is 4.74 Å². The molecule has 5 heteroatoms. The molecule has 5 nitrogen and oxygen atoms in total. The second-order valence-corrected chi connectivity index (χ2v) is 9.77. The van der Waals surface area contributed by atoms with Crippen molar-refractivity contribution < 1.29 is 19.3 Å². The number of rotatable bonds is 4. The zero-order chi connectivity index (χ0) is 20.2. The molecule has 2 fully saturated rings. The van der Waals surface area contributed by atoms with Crippen LogP contribution in [0.3, 0.4) is 0 Å². The molecule has 6 aliphatic rings. The molecule has 29 heavy (non-hydrogen) atoms. The summed E-state index contributed by atoms with van der Waals surface area (Å²) in [6, 6.07) is 4.35. The largest absolute Gasteiger partial charge is 0.504 e. The lowest BCUT2D eigenvalue weighted by molar-refractivity contribution is -0.232. The van der Waals surface area contributed by atoms with Gasteiger partial charge in [0.05, 0.1) is 11.5 Å². The minimum absolute atomic E-state index is 0.0208. The lowest BCUT2D eigenvalue weighted by Crippen LogP contribution is -2.79. The Hall–Kier alpha value is -1.56. The monoisotopic (exact) mass is 397 g/mol. The van der Waals surface area contributed by atoms with Crippen LogP contribution in [0.25, 0.3) is 0 Å². The minimum atomic E-state index is -0.545. The Kier molecular flexibility index (Phi) is 3.50. The number of benzene rings is 1. The number of hydrogen-bond donors (Lipinski definition) is 1. The van der Waals surface area contributed by atoms with Gasteiger partial charge in [0.1, 0.15) is 11.7 Å². The Labute approximate surface area is 172 Å². The van der Waals surface area contributed by atoms with Crippen molar-refractivity contribution in [3.05, 3.63) is 35.4 Å². The standard InChI is InChI=1S/C24H31NO4/c1-5-28-14(2)16-13-22-8-9-24(16,27-4)21-23(22)10-11-25(3)18(22)12-15-6-7-17(26)20(29-21)19(15)23/h6-9,14,16,18,21,26H,5,10-13H2,1-4H3/t14-,16-,18-,21+,22-,23+,24-/m1/s1. The van der Waals surface area contributed by atoms with Gasteiger partial charge < -0.3 is 24.2 Å². The molecule has 7 rings (SSSR count). The van der Waals surface area contributed by atoms with Crippen molar-refractivity contribution in [1.29, 1.82) is 0 Å². The summed E-state index contributed by atoms with van der Waals surface area (Å²) in [5, 5.41) is 10.7. The Morgan fingerprint density at radius 2 is 2.17 bits per heavy atom. The predicted octanol–water partition coefficient (Wildman–Crippen LogP) is 3.04. The molecule has 1 saturated carbocycles. The van der Waals surface area contributed by atoms with Crippen molar-refractivity contribution in [3.63, 3.8) is 0 Å². The van der Waals surface area contributed by atoms with E-state index in [1.165, 1.54) is 11.1 Å². The number of hydrogen-bond acceptors (Lipinski definition) is 5. The molecule has 7 atom stereocenters. The van der Waals surface area contributed by atoms with E-state index in [0.717, 1.165) is 25.8 Å². The Bertz CT molecular complexity index is 914. The molecule has 1 N–H and O–H groups in total. The SMILES string of the molecule is CCO[C@H](C)[C@H]1C[C@@]23C=C[C@]1(OC)[C@H]1Oc4c(O)ccc5c4[C@@]12CCN(C)[C@@H]3C5. The number of ether oxygens (including phenoxy) is 3. The van der Waals surface area contributed by atoms with E-state index in [1.54, 1.807) is 0 Å². The van der Waals surface area contributed by atoms with Crippen molar-refractivity contribution in [2.75, 3.05) is 27.3 Å². The number of likely N-dealkylation sites (tertiary alicyclic amines) is 1. The summed E-state index contributed by atoms with van der Waals surface area (Å²) in [6.45, 7) is 5.97. The molecule has 1 aromatic carbocycles. The maximum atomic E-state index is 10.7. The van der Waals surface area contributed by atoms with Crippen LogP contribution >= 0.6 is 0 Å². The van der Waals surface area contributed by atoms with E-state index >= 15 is 0 Å². The maximum Gasteiger partial charge on any atom is 0.165 e. The summed E-state index contributed by atoms with van der Waals surface area (Å²) in [7, 11) is 4.08. The molecular formula is C24H31NO4. The van der Waals surface area contributed by atoms with Gasteiger partial charge in [-0.3, -0.25) is 0 Å². The smallest absolute Gasteiger partial charge is 0.165 e. The number of phenols is 1. The van der Waals surface area contributed by atoms with E-state index in [4.69, 9.17) is 14.2 Å². The van der Waals surface area contributed by atoms with Crippen LogP contribution in [-0.2, 0) is 21.3 Å². The molecule has 4 bridgehead atoms. The Balaban J connectivity index is 1.65. The van der Waals surface area contributed by atoms with Crippen LogP contribution in [-0.4, -0.2) is 61.2 Å². The first kappa shape index (κ1) is 18.2. The van der Waals surface area contributed by atoms with Gasteiger partial charge in [0, 0.05) is 36.7 Å². The first-order chi connectivity index (χ1) is 13.9. The highest BCUT2D eigenvalue weighted by Gasteiger charge is 2.79. The fourth-order valence-corrected chi connectivity index (χ4v) is 8.02. The van der Waals surface area contributed by atoms with Crippen LogP contribution in [0.4, 0.5) is 0 Å². The normalized spacial score (nSPS) is 44.5. The number of fused-ring (bicyclic) bond motifs is 1. The number of aromatic hydroxyl groups is 1. The molecule has 0 radical (unpaired) electrons. The molecule has 1 saturated heterocycles. The Morgan fingerprint density at radius 3 is 2.93 bits per heavy atom. The first-order valence-corrected chi connectivity index (χ1v) is 11.0. The lowest BCUT2D eigenvalue weighted by atomic mass is 9.37. The fraction of sp³-hybridized carbons (Fsp3) is 0.667. The minimum Gasteiger partial charge on any atom is -0.504 e. The number of phenolic OH excluding ortho intramolecular Hbond substituents is 1. The van der Waals surface area contributed by atoms with Gasteiger partial charge in [-0.05, 0) is 58.3 Å². The molecule has 0 unspecified atom stereocenters. The van der Waals surface area contributed by atoms with Gasteiger partial charge in [-0.15, -0.1) is 0 Å². The predicted molar refractivity (Wildman–Crippen MR) is 109 cm³/mol. The second-order valence-electron chi connectivity index (χ2n) is 9.77. The first-order valence-electron chi connectivity index (χ1n) is 11.0. The molecule has 2 aliphatic heterocycles. The van der Waals surface area contributed by atoms with Crippen LogP contribution in [0.15, 0.2) is 24.3 Å². The molecule has 2 spiro atoms. The van der Waals surface area contributed by atoms with Gasteiger partial charge in [0.25, 0.3) is 0 Å². The van der Waals surface area contributed by atoms with Gasteiger partial charge in [0.15, 0.2) is 11.5 Å². The number of nitrogens with zero attached hydrogens (tertiary/aromatic N) is 1. The van der Waals surface area contributed by atoms with Crippen LogP contribution in [0.5, 0.6) is 11.5 Å². The number of likely N-dealkylation sites (N-methyl/N-ethyl adjacent to an activating group) is 1. The second kappa shape index (κ2) is 5.57. The van der Waals surface area contributed by atoms with Crippen molar-refractivity contribution in [2.45, 2.75) is 62.4 Å². The number of piperidine rings is 1. The third-order valence-corrected chi connectivity index (χ3v) is 9.12. The summed E-state index contributed by atoms with van der Waals surface area (Å²) < 4.78 is 19.2. The van der Waals surface area contributed by atoms with Crippen LogP contribution in [0, 0.1) is 11.3 Å². The van der Waals surface area contributed by atoms with Crippen molar-refractivity contribution in [3.8, 4) is 11.5 Å². The zero-order valence-electron chi connectivity index (χ0n) is 17.8. The van der Waals surface area contributed by atoms with E-state index in [-0.39, 0.29) is 34.7 Å². The topological polar surface area (TPSA) is 51.2 Å². The van der Waals surface area contributed by atoms with Crippen molar-refractivity contribution in [1.82, 2.24) is 4.90 Å². The van der Waals surface area contributed by atoms with E-state index in [9.17, 15) is 5.11 Å². The third-order valence-electron chi connectivity index (χ3n) is 9.12. The van der Waals surface area contributed by atoms with E-state index in [0.29, 0.717) is 18.4 Å². The zero-order valence-corrected chi connectivity index (χ0v) is 17.8. The van der Waals surface area contributed by atoms with Gasteiger partial charge in [-0.25, -0.2) is 0 Å². The number of methoxy groups -OCH3 is 1. The highest BCUT2D eigenvalue weighted by molar-refractivity contribution is 5.65. The summed E-state index contributed by atoms with van der Waals surface area (Å²) in [5.74, 6) is 1.18. The van der Waals surface area contributed by atoms with Crippen LogP contribution in [0.1, 0.15) is 37.8 Å². The molecule has 1 aromatic rings. The summed E-state index contributed by atoms with van der Waals surface area (Å²) in [5.41, 5.74) is 1.90. The maximum absolute atomic E-state index is 10.7. The summed E-state index contributed by atoms with van der Waals surface area (Å²) in [6.07, 6.45) is 7.75. The molecule has 2 heterocycles. The summed E-state index contributed by atoms with van der Waals surface area (Å²) >= 11 is 0. The molecule has 156 valence electrons. The van der Waals surface area contributed by atoms with E-state index in [1.807, 2.05) is 13.2 Å². The van der Waals surface area contributed by atoms with Gasteiger partial charge in [-0.2, -0.15) is 0 Å². The highest BCUT2D eigenvalue weighted by atomic mass is 16.6. The quantitative estimate of drug-likeness (QED) is 0.792. The third kappa shape index (κ3) is 1.77. The highest BCUT2D eigenvalue weighted by Crippen LogP contribution is 2.74. The molecular weight excluding hydrogens is 366 g/mol. The van der Waals surface area contributed by atoms with Gasteiger partial charge in [0.2, 0.25) is 0 Å². The average Bonchev–Trinajstić information content (AvgIpc) is 3.09. The van der Waals surface area contributed by atoms with Gasteiger partial charge >= 0.3 is 0 Å². The Morgan fingerprint density at radius 1 is 1.34 bits per heavy atom. The van der Waals surface area contributed by atoms with Crippen LogP contribution in [0.2, 0.25) is 0 Å². The van der Waals surface area contributed by atoms with Crippen molar-refractivity contribution in [2.24, 2.45) is 11.3 Å². The molecule has 0 aromatic heterocycles. The molecule has 4 aliphatic carbocycles. The van der Waals surface area contributed by atoms with Gasteiger partial charge in [-0.1, -0.05) is 18.2 Å². The van der Waals surface area contributed by atoms with Crippen molar-refractivity contribution >= 4 is 0 Å².